The first kappa shape index (κ1) is 15.3. The molecular formula is C15H18N2O3S. The minimum Gasteiger partial charge on any atom is -0.496 e. The Bertz CT molecular complexity index is 598. The number of para-hydroxylation sites is 1. The van der Waals surface area contributed by atoms with Gasteiger partial charge in [-0.2, -0.15) is 0 Å². The van der Waals surface area contributed by atoms with Gasteiger partial charge in [-0.25, -0.2) is 4.79 Å². The number of hydrogen-bond acceptors (Lipinski definition) is 4. The van der Waals surface area contributed by atoms with Crippen LogP contribution in [0, 0.1) is 0 Å². The third kappa shape index (κ3) is 3.16. The number of benzene rings is 1. The van der Waals surface area contributed by atoms with Crippen molar-refractivity contribution < 1.29 is 14.3 Å². The molecule has 1 aromatic rings. The van der Waals surface area contributed by atoms with Crippen LogP contribution < -0.4 is 15.4 Å². The van der Waals surface area contributed by atoms with Crippen molar-refractivity contribution in [3.05, 3.63) is 41.1 Å². The van der Waals surface area contributed by atoms with Gasteiger partial charge in [0.05, 0.1) is 25.3 Å². The van der Waals surface area contributed by atoms with Crippen LogP contribution in [-0.2, 0) is 9.53 Å². The van der Waals surface area contributed by atoms with Gasteiger partial charge in [-0.1, -0.05) is 18.2 Å². The summed E-state index contributed by atoms with van der Waals surface area (Å²) < 4.78 is 10.5. The Morgan fingerprint density at radius 1 is 1.38 bits per heavy atom. The maximum absolute atomic E-state index is 12.3. The zero-order chi connectivity index (χ0) is 15.4. The van der Waals surface area contributed by atoms with E-state index in [1.54, 1.807) is 14.0 Å². The van der Waals surface area contributed by atoms with Crippen molar-refractivity contribution in [2.45, 2.75) is 19.9 Å². The van der Waals surface area contributed by atoms with Crippen LogP contribution in [0.25, 0.3) is 0 Å². The molecule has 6 heteroatoms. The highest BCUT2D eigenvalue weighted by molar-refractivity contribution is 7.80. The van der Waals surface area contributed by atoms with E-state index < -0.39 is 6.04 Å². The standard InChI is InChI=1S/C15H18N2O3S/c1-4-20-14(18)12-9(2)16-15(21)17-13(12)10-7-5-6-8-11(10)19-3/h5-8,13H,4H2,1-3H3,(H2,16,17,21)/t13-/m1/s1. The van der Waals surface area contributed by atoms with E-state index in [4.69, 9.17) is 21.7 Å². The summed E-state index contributed by atoms with van der Waals surface area (Å²) in [6.07, 6.45) is 0. The van der Waals surface area contributed by atoms with Crippen LogP contribution in [0.5, 0.6) is 5.75 Å². The lowest BCUT2D eigenvalue weighted by Gasteiger charge is -2.30. The fourth-order valence-electron chi connectivity index (χ4n) is 2.31. The fourth-order valence-corrected chi connectivity index (χ4v) is 2.58. The van der Waals surface area contributed by atoms with E-state index in [1.807, 2.05) is 31.2 Å². The maximum Gasteiger partial charge on any atom is 0.338 e. The fraction of sp³-hybridized carbons (Fsp3) is 0.333. The number of nitrogens with one attached hydrogen (secondary N) is 2. The molecule has 112 valence electrons. The molecule has 0 aliphatic carbocycles. The Morgan fingerprint density at radius 3 is 2.76 bits per heavy atom. The molecular weight excluding hydrogens is 288 g/mol. The number of esters is 1. The highest BCUT2D eigenvalue weighted by Crippen LogP contribution is 2.33. The number of ether oxygens (including phenoxy) is 2. The van der Waals surface area contributed by atoms with Crippen LogP contribution in [-0.4, -0.2) is 24.8 Å². The zero-order valence-electron chi connectivity index (χ0n) is 12.2. The summed E-state index contributed by atoms with van der Waals surface area (Å²) in [6, 6.07) is 7.12. The monoisotopic (exact) mass is 306 g/mol. The number of allylic oxidation sites excluding steroid dienone is 1. The predicted molar refractivity (Wildman–Crippen MR) is 83.9 cm³/mol. The largest absolute Gasteiger partial charge is 0.496 e. The lowest BCUT2D eigenvalue weighted by atomic mass is 9.95. The summed E-state index contributed by atoms with van der Waals surface area (Å²) in [5.74, 6) is 0.322. The third-order valence-electron chi connectivity index (χ3n) is 3.21. The summed E-state index contributed by atoms with van der Waals surface area (Å²) in [4.78, 5) is 12.3. The van der Waals surface area contributed by atoms with Gasteiger partial charge in [0.1, 0.15) is 5.75 Å². The minimum absolute atomic E-state index is 0.318. The van der Waals surface area contributed by atoms with Crippen molar-refractivity contribution >= 4 is 23.3 Å². The summed E-state index contributed by atoms with van der Waals surface area (Å²) >= 11 is 5.19. The van der Waals surface area contributed by atoms with Crippen LogP contribution in [0.3, 0.4) is 0 Å². The average Bonchev–Trinajstić information content (AvgIpc) is 2.46. The van der Waals surface area contributed by atoms with Gasteiger partial charge in [0, 0.05) is 11.3 Å². The molecule has 1 aliphatic heterocycles. The highest BCUT2D eigenvalue weighted by atomic mass is 32.1. The molecule has 0 radical (unpaired) electrons. The van der Waals surface area contributed by atoms with E-state index in [0.29, 0.717) is 28.7 Å². The van der Waals surface area contributed by atoms with E-state index in [9.17, 15) is 4.79 Å². The predicted octanol–water partition coefficient (Wildman–Crippen LogP) is 2.05. The van der Waals surface area contributed by atoms with E-state index in [0.717, 1.165) is 5.56 Å². The molecule has 0 unspecified atom stereocenters. The Hall–Kier alpha value is -2.08. The van der Waals surface area contributed by atoms with Gasteiger partial charge >= 0.3 is 5.97 Å². The van der Waals surface area contributed by atoms with Crippen molar-refractivity contribution in [2.75, 3.05) is 13.7 Å². The van der Waals surface area contributed by atoms with Gasteiger partial charge in [0.15, 0.2) is 5.11 Å². The van der Waals surface area contributed by atoms with Gasteiger partial charge in [-0.3, -0.25) is 0 Å². The number of hydrogen-bond donors (Lipinski definition) is 2. The topological polar surface area (TPSA) is 59.6 Å². The summed E-state index contributed by atoms with van der Waals surface area (Å²) in [5, 5.41) is 6.54. The Balaban J connectivity index is 2.50. The van der Waals surface area contributed by atoms with E-state index >= 15 is 0 Å². The average molecular weight is 306 g/mol. The van der Waals surface area contributed by atoms with Gasteiger partial charge in [-0.15, -0.1) is 0 Å². The number of carbonyl (C=O) groups excluding carboxylic acids is 1. The minimum atomic E-state index is -0.394. The number of methoxy groups -OCH3 is 1. The normalized spacial score (nSPS) is 17.9. The molecule has 0 spiro atoms. The first-order valence-corrected chi connectivity index (χ1v) is 7.07. The van der Waals surface area contributed by atoms with Crippen LogP contribution in [0.15, 0.2) is 35.5 Å². The quantitative estimate of drug-likeness (QED) is 0.656. The van der Waals surface area contributed by atoms with E-state index in [-0.39, 0.29) is 5.97 Å². The Labute approximate surface area is 129 Å². The van der Waals surface area contributed by atoms with Crippen molar-refractivity contribution in [3.8, 4) is 5.75 Å². The molecule has 2 N–H and O–H groups in total. The zero-order valence-corrected chi connectivity index (χ0v) is 13.0. The molecule has 5 nitrogen and oxygen atoms in total. The first-order chi connectivity index (χ1) is 10.1. The lowest BCUT2D eigenvalue weighted by molar-refractivity contribution is -0.139. The molecule has 0 bridgehead atoms. The van der Waals surface area contributed by atoms with Gasteiger partial charge in [-0.05, 0) is 32.1 Å². The molecule has 1 heterocycles. The molecule has 0 saturated heterocycles. The van der Waals surface area contributed by atoms with Crippen molar-refractivity contribution in [1.82, 2.24) is 10.6 Å². The van der Waals surface area contributed by atoms with E-state index in [2.05, 4.69) is 10.6 Å². The molecule has 2 rings (SSSR count). The smallest absolute Gasteiger partial charge is 0.338 e. The number of carbonyl (C=O) groups is 1. The third-order valence-corrected chi connectivity index (χ3v) is 3.43. The number of thiocarbonyl (C=S) groups is 1. The molecule has 0 fully saturated rings. The summed E-state index contributed by atoms with van der Waals surface area (Å²) in [5.41, 5.74) is 2.04. The molecule has 0 aromatic heterocycles. The van der Waals surface area contributed by atoms with Gasteiger partial charge in [0.2, 0.25) is 0 Å². The van der Waals surface area contributed by atoms with Gasteiger partial charge in [0.25, 0.3) is 0 Å². The lowest BCUT2D eigenvalue weighted by Crippen LogP contribution is -2.45. The van der Waals surface area contributed by atoms with Crippen molar-refractivity contribution in [2.24, 2.45) is 0 Å². The Kier molecular flexibility index (Phi) is 4.80. The van der Waals surface area contributed by atoms with Crippen LogP contribution in [0.1, 0.15) is 25.5 Å². The van der Waals surface area contributed by atoms with Crippen LogP contribution in [0.4, 0.5) is 0 Å². The highest BCUT2D eigenvalue weighted by Gasteiger charge is 2.32. The molecule has 0 saturated carbocycles. The van der Waals surface area contributed by atoms with E-state index in [1.165, 1.54) is 0 Å². The summed E-state index contributed by atoms with van der Waals surface area (Å²) in [7, 11) is 1.60. The second kappa shape index (κ2) is 6.58. The first-order valence-electron chi connectivity index (χ1n) is 6.66. The molecule has 1 atom stereocenters. The van der Waals surface area contributed by atoms with Crippen molar-refractivity contribution in [3.63, 3.8) is 0 Å². The second-order valence-electron chi connectivity index (χ2n) is 4.53. The maximum atomic E-state index is 12.3. The van der Waals surface area contributed by atoms with Gasteiger partial charge < -0.3 is 20.1 Å². The molecule has 0 amide bonds. The second-order valence-corrected chi connectivity index (χ2v) is 4.94. The number of rotatable bonds is 4. The van der Waals surface area contributed by atoms with Crippen LogP contribution in [0.2, 0.25) is 0 Å². The van der Waals surface area contributed by atoms with Crippen LogP contribution >= 0.6 is 12.2 Å². The molecule has 1 aromatic carbocycles. The summed E-state index contributed by atoms with van der Waals surface area (Å²) in [6.45, 7) is 3.90. The SMILES string of the molecule is CCOC(=O)C1=C(C)NC(=S)N[C@@H]1c1ccccc1OC. The van der Waals surface area contributed by atoms with Crippen molar-refractivity contribution in [1.29, 1.82) is 0 Å². The molecule has 1 aliphatic rings. The Morgan fingerprint density at radius 2 is 2.10 bits per heavy atom. The molecule has 21 heavy (non-hydrogen) atoms.